The number of hydrogen-bond donors (Lipinski definition) is 19. The lowest BCUT2D eigenvalue weighted by Gasteiger charge is -2.48. The van der Waals surface area contributed by atoms with E-state index < -0.39 is 255 Å². The van der Waals surface area contributed by atoms with Gasteiger partial charge < -0.3 is 177 Å². The summed E-state index contributed by atoms with van der Waals surface area (Å²) in [4.78, 5) is 78.0. The summed E-state index contributed by atoms with van der Waals surface area (Å²) in [7, 11) is 0. The van der Waals surface area contributed by atoms with E-state index in [-0.39, 0.29) is 77.0 Å². The van der Waals surface area contributed by atoms with Crippen molar-refractivity contribution >= 4 is 36.2 Å². The maximum absolute atomic E-state index is 13.8. The van der Waals surface area contributed by atoms with Gasteiger partial charge in [0.05, 0.1) is 67.9 Å². The van der Waals surface area contributed by atoms with Crippen LogP contribution in [0.1, 0.15) is 150 Å². The van der Waals surface area contributed by atoms with E-state index in [1.807, 2.05) is 74.5 Å². The number of nitrogens with one attached hydrogen (secondary N) is 6. The van der Waals surface area contributed by atoms with Crippen LogP contribution in [-0.4, -0.2) is 316 Å². The number of amides is 6. The van der Waals surface area contributed by atoms with Gasteiger partial charge in [-0.15, -0.1) is 0 Å². The maximum Gasteiger partial charge on any atom is 0.408 e. The van der Waals surface area contributed by atoms with E-state index in [0.29, 0.717) is 38.5 Å². The van der Waals surface area contributed by atoms with Gasteiger partial charge in [0, 0.05) is 56.9 Å². The molecule has 0 unspecified atom stereocenters. The highest BCUT2D eigenvalue weighted by molar-refractivity contribution is 5.87. The van der Waals surface area contributed by atoms with Crippen molar-refractivity contribution in [2.75, 3.05) is 26.3 Å². The first-order chi connectivity index (χ1) is 59.8. The van der Waals surface area contributed by atoms with Crippen LogP contribution >= 0.6 is 0 Å². The molecule has 24 N–H and O–H groups in total. The molecule has 0 spiro atoms. The minimum Gasteiger partial charge on any atom is -0.445 e. The number of rotatable bonds is 30. The second kappa shape index (κ2) is 44.2. The molecule has 4 aliphatic carbocycles. The van der Waals surface area contributed by atoms with Gasteiger partial charge in [0.15, 0.2) is 37.7 Å². The largest absolute Gasteiger partial charge is 0.445 e. The molecule has 0 radical (unpaired) electrons. The first-order valence-corrected chi connectivity index (χ1v) is 43.6. The minimum absolute atomic E-state index is 0.00244. The van der Waals surface area contributed by atoms with E-state index >= 15 is 0 Å². The molecule has 4 saturated heterocycles. The fourth-order valence-electron chi connectivity index (χ4n) is 16.8. The molecule has 2 aromatic carbocycles. The van der Waals surface area contributed by atoms with E-state index in [0.717, 1.165) is 11.1 Å². The van der Waals surface area contributed by atoms with E-state index in [1.54, 1.807) is 72.8 Å². The van der Waals surface area contributed by atoms with Gasteiger partial charge in [-0.1, -0.05) is 106 Å². The molecule has 12 rings (SSSR count). The predicted molar refractivity (Wildman–Crippen MR) is 443 cm³/mol. The van der Waals surface area contributed by atoms with Crippen LogP contribution in [0.2, 0.25) is 0 Å². The Kier molecular flexibility index (Phi) is 34.9. The van der Waals surface area contributed by atoms with Crippen LogP contribution in [0, 0.1) is 5.92 Å². The highest BCUT2D eigenvalue weighted by Gasteiger charge is 2.59. The summed E-state index contributed by atoms with van der Waals surface area (Å²) in [6.45, 7) is 15.1. The van der Waals surface area contributed by atoms with Crippen LogP contribution in [-0.2, 0) is 98.6 Å². The Bertz CT molecular complexity index is 3890. The van der Waals surface area contributed by atoms with Crippen LogP contribution in [0.3, 0.4) is 0 Å². The van der Waals surface area contributed by atoms with Crippen molar-refractivity contribution < 1.29 is 145 Å². The standard InChI is InChI=1S/C52H72N4O17.C33H61N7O13/c1-7-33-19-21-35(55-48(61)65-27-30-15-11-9-12-16-30)44(67-33)70-41-29(3)23-37(54-47(60)52(64)24-32(25-52)53-50(63)73-51(4,5)6)39(58)43(41)72-46-40(59)42(38(26-57)69-46)71-45-36(22-20-34(8-2)68-45)56-49(62)66-28-31-17-13-10-14-18-31;1-32(2,3)53-31(45)39-14-9-33(46,10-14)30(44)40-20-8-19(38)24(50-27-17(36)6-4-15(11-34)47-27)26(22(20)42)52-29-23(43)25(21(13-41)49-29)51-28-18(37)7-5-16(12-35)48-28/h9-22,29,32-46,57-59,64H,7-8,23-28H2,1-6H3,(H,53,63)(H,54,60)(H,55,61)(H,56,62);14-29,41-43,46H,4-13,34-38H2,1-3H3,(H,39,45)(H,40,44)/t29-,32?,33+,34-,35+,36+,37+,38+,39-,40+,41+,42+,43+,44+,45+,46-,52?;14?,15-,16+,17+,18+,19-,20+,21+,22-,23+,24+,25+,26+,27+,28+,29-,33?/m00/s1. The van der Waals surface area contributed by atoms with E-state index in [1.165, 1.54) is 0 Å². The summed E-state index contributed by atoms with van der Waals surface area (Å²) in [5.74, 6) is -2.14. The number of aliphatic hydroxyl groups is 8. The van der Waals surface area contributed by atoms with Crippen molar-refractivity contribution in [2.45, 2.75) is 365 Å². The van der Waals surface area contributed by atoms with E-state index in [9.17, 15) is 69.6 Å². The highest BCUT2D eigenvalue weighted by Crippen LogP contribution is 2.42. The third-order valence-electron chi connectivity index (χ3n) is 23.8. The van der Waals surface area contributed by atoms with Crippen molar-refractivity contribution in [3.8, 4) is 0 Å². The zero-order valence-electron chi connectivity index (χ0n) is 72.7. The summed E-state index contributed by atoms with van der Waals surface area (Å²) >= 11 is 0. The van der Waals surface area contributed by atoms with Gasteiger partial charge in [0.1, 0.15) is 115 Å². The monoisotopic (exact) mass is 1790 g/mol. The minimum atomic E-state index is -1.89. The molecule has 41 nitrogen and oxygen atoms in total. The molecular formula is C85H133N11O30. The van der Waals surface area contributed by atoms with E-state index in [2.05, 4.69) is 31.9 Å². The number of carbonyl (C=O) groups is 6. The second-order valence-electron chi connectivity index (χ2n) is 36.2. The SMILES string of the molecule is CC(C)(C)OC(=O)NC1CC(O)(C(=O)N[C@@H]2C[C@H](N)[C@@H](O[C@H]3O[C@H](CN)CC[C@H]3N)[C@H](O[C@@H]3O[C@H](CO)[C@@H](O[C@H]4O[C@@H](CN)CC[C@H]4N)[C@H]3O)[C@H]2O)C1.CC[C@H]1C=C[C@@H](NC(=O)OCc2ccccc2)[C@@H](O[C@H]2[C@@H](O)[C@H](O[C@@H]3[C@@H](O)[C@H](NC(=O)C4(O)CC(NC(=O)OC(C)(C)C)C4)C[C@H](C)[C@H]3O[C@H]3O[C@H](CC)C=C[C@H]3NC(=O)OCc3ccccc3)O[C@@H]2CO)O1. The Balaban J connectivity index is 0.000000257. The molecule has 10 aliphatic rings. The third kappa shape index (κ3) is 26.2. The summed E-state index contributed by atoms with van der Waals surface area (Å²) in [5, 5.41) is 107. The smallest absolute Gasteiger partial charge is 0.408 e. The van der Waals surface area contributed by atoms with Crippen LogP contribution in [0.4, 0.5) is 19.2 Å². The number of hydrogen-bond acceptors (Lipinski definition) is 35. The van der Waals surface area contributed by atoms with Gasteiger partial charge >= 0.3 is 24.4 Å². The topological polar surface area (TPSA) is 614 Å². The zero-order valence-corrected chi connectivity index (χ0v) is 72.7. The van der Waals surface area contributed by atoms with Gasteiger partial charge in [-0.3, -0.25) is 9.59 Å². The first kappa shape index (κ1) is 99.5. The van der Waals surface area contributed by atoms with Crippen LogP contribution in [0.15, 0.2) is 85.0 Å². The number of ether oxygens (including phenoxy) is 16. The van der Waals surface area contributed by atoms with Crippen LogP contribution < -0.4 is 60.6 Å². The average molecular weight is 1790 g/mol. The molecule has 6 heterocycles. The molecule has 126 heavy (non-hydrogen) atoms. The highest BCUT2D eigenvalue weighted by atomic mass is 16.8. The number of benzene rings is 2. The van der Waals surface area contributed by atoms with Crippen LogP contribution in [0.25, 0.3) is 0 Å². The third-order valence-corrected chi connectivity index (χ3v) is 23.8. The molecule has 2 aromatic rings. The molecule has 0 bridgehead atoms. The van der Waals surface area contributed by atoms with Gasteiger partial charge in [0.2, 0.25) is 0 Å². The fraction of sp³-hybridized carbons (Fsp3) is 0.741. The summed E-state index contributed by atoms with van der Waals surface area (Å²) in [6.07, 6.45) is -17.7. The molecule has 708 valence electrons. The first-order valence-electron chi connectivity index (χ1n) is 43.6. The molecule has 6 aliphatic heterocycles. The lowest BCUT2D eigenvalue weighted by Crippen LogP contribution is -2.69. The Morgan fingerprint density at radius 2 is 0.810 bits per heavy atom. The number of alkyl carbamates (subject to hydrolysis) is 4. The number of nitrogens with two attached hydrogens (primary N) is 5. The normalized spacial score (nSPS) is 39.2. The lowest BCUT2D eigenvalue weighted by molar-refractivity contribution is -0.288. The van der Waals surface area contributed by atoms with E-state index in [4.69, 9.17) is 104 Å². The average Bonchev–Trinajstić information content (AvgIpc) is 1.14. The summed E-state index contributed by atoms with van der Waals surface area (Å²) in [6, 6.07) is 11.3. The Labute approximate surface area is 732 Å². The second-order valence-corrected chi connectivity index (χ2v) is 36.2. The van der Waals surface area contributed by atoms with Crippen molar-refractivity contribution in [2.24, 2.45) is 34.6 Å². The van der Waals surface area contributed by atoms with Gasteiger partial charge in [-0.25, -0.2) is 19.2 Å². The number of aliphatic hydroxyl groups excluding tert-OH is 6. The Hall–Kier alpha value is -7.06. The summed E-state index contributed by atoms with van der Waals surface area (Å²) in [5.41, 5.74) is 27.2. The van der Waals surface area contributed by atoms with Crippen molar-refractivity contribution in [1.29, 1.82) is 0 Å². The fourth-order valence-corrected chi connectivity index (χ4v) is 16.8. The molecular weight excluding hydrogens is 1650 g/mol. The van der Waals surface area contributed by atoms with Gasteiger partial charge in [-0.05, 0) is 110 Å². The maximum atomic E-state index is 13.8. The van der Waals surface area contributed by atoms with Crippen molar-refractivity contribution in [3.63, 3.8) is 0 Å². The zero-order chi connectivity index (χ0) is 91.3. The molecule has 0 aromatic heterocycles. The van der Waals surface area contributed by atoms with Gasteiger partial charge in [0.25, 0.3) is 11.8 Å². The Morgan fingerprint density at radius 3 is 1.20 bits per heavy atom. The lowest BCUT2D eigenvalue weighted by atomic mass is 9.74. The quantitative estimate of drug-likeness (QED) is 0.0339. The summed E-state index contributed by atoms with van der Waals surface area (Å²) < 4.78 is 96.1. The predicted octanol–water partition coefficient (Wildman–Crippen LogP) is -0.707. The molecule has 6 amide bonds. The van der Waals surface area contributed by atoms with Gasteiger partial charge in [-0.2, -0.15) is 0 Å². The number of carbonyl (C=O) groups excluding carboxylic acids is 6. The Morgan fingerprint density at radius 1 is 0.437 bits per heavy atom. The molecule has 30 atom stereocenters. The molecule has 41 heteroatoms. The molecule has 8 fully saturated rings. The van der Waals surface area contributed by atoms with Crippen molar-refractivity contribution in [1.82, 2.24) is 31.9 Å². The molecule has 4 saturated carbocycles. The van der Waals surface area contributed by atoms with Crippen LogP contribution in [0.5, 0.6) is 0 Å². The van der Waals surface area contributed by atoms with Crippen molar-refractivity contribution in [3.05, 3.63) is 96.1 Å².